The molecule has 2 aromatic heterocycles. The fourth-order valence-electron chi connectivity index (χ4n) is 5.21. The lowest BCUT2D eigenvalue weighted by atomic mass is 10.1. The molecule has 1 unspecified atom stereocenters. The number of carboxylic acids is 1. The smallest absolute Gasteiger partial charge is 0.414 e. The van der Waals surface area contributed by atoms with Gasteiger partial charge in [-0.05, 0) is 37.5 Å². The third-order valence-electron chi connectivity index (χ3n) is 7.47. The number of nitrogens with zero attached hydrogens (tertiary/aromatic N) is 4. The summed E-state index contributed by atoms with van der Waals surface area (Å²) in [6.07, 6.45) is 2.23. The Kier molecular flexibility index (Phi) is 6.53. The number of aliphatic hydroxyl groups is 1. The molecule has 40 heavy (non-hydrogen) atoms. The van der Waals surface area contributed by atoms with Crippen LogP contribution in [0, 0.1) is 17.6 Å². The quantitative estimate of drug-likeness (QED) is 0.430. The zero-order chi connectivity index (χ0) is 28.1. The van der Waals surface area contributed by atoms with E-state index in [1.54, 1.807) is 9.47 Å². The standard InChI is InChI=1S/C27H26F2N4O7/c28-20-7-16(33-10-17(12-34)40-27(33)38)3-4-22(20)39-13-14-5-6-31(9-14)25-21(29)8-18-23(35)19(26(36)37)11-32(15-1-2-15)24(18)30-25/h3-4,7-8,11,14-15,17,34H,1-2,5-6,9-10,12-13H2,(H,36,37)/t14?,17-/m1/s1. The maximum Gasteiger partial charge on any atom is 0.414 e. The summed E-state index contributed by atoms with van der Waals surface area (Å²) in [5.41, 5.74) is -0.645. The summed E-state index contributed by atoms with van der Waals surface area (Å²) in [6, 6.07) is 5.19. The van der Waals surface area contributed by atoms with Gasteiger partial charge in [0.1, 0.15) is 17.3 Å². The molecule has 1 saturated carbocycles. The summed E-state index contributed by atoms with van der Waals surface area (Å²) in [6.45, 7) is 0.806. The fourth-order valence-corrected chi connectivity index (χ4v) is 5.21. The summed E-state index contributed by atoms with van der Waals surface area (Å²) < 4.78 is 42.3. The number of benzene rings is 1. The zero-order valence-corrected chi connectivity index (χ0v) is 21.3. The molecule has 11 nitrogen and oxygen atoms in total. The highest BCUT2D eigenvalue weighted by Crippen LogP contribution is 2.37. The first-order chi connectivity index (χ1) is 19.2. The first-order valence-electron chi connectivity index (χ1n) is 13.0. The summed E-state index contributed by atoms with van der Waals surface area (Å²) in [5.74, 6) is -2.73. The van der Waals surface area contributed by atoms with Crippen LogP contribution in [0.5, 0.6) is 5.75 Å². The molecule has 210 valence electrons. The van der Waals surface area contributed by atoms with Crippen molar-refractivity contribution in [2.45, 2.75) is 31.4 Å². The van der Waals surface area contributed by atoms with Crippen molar-refractivity contribution in [2.75, 3.05) is 42.6 Å². The number of hydrogen-bond acceptors (Lipinski definition) is 8. The molecular weight excluding hydrogens is 530 g/mol. The number of carboxylic acid groups (broad SMARTS) is 1. The minimum absolute atomic E-state index is 0.00571. The highest BCUT2D eigenvalue weighted by molar-refractivity contribution is 5.92. The molecule has 2 N–H and O–H groups in total. The van der Waals surface area contributed by atoms with Crippen LogP contribution in [0.1, 0.15) is 35.7 Å². The molecular formula is C27H26F2N4O7. The summed E-state index contributed by atoms with van der Waals surface area (Å²) >= 11 is 0. The Balaban J connectivity index is 1.16. The molecule has 3 fully saturated rings. The Morgan fingerprint density at radius 2 is 1.93 bits per heavy atom. The van der Waals surface area contributed by atoms with Gasteiger partial charge in [0.25, 0.3) is 0 Å². The molecule has 1 aromatic carbocycles. The molecule has 2 aliphatic heterocycles. The second-order valence-corrected chi connectivity index (χ2v) is 10.3. The number of hydrogen-bond donors (Lipinski definition) is 2. The van der Waals surface area contributed by atoms with Crippen molar-refractivity contribution in [1.29, 1.82) is 0 Å². The van der Waals surface area contributed by atoms with Crippen LogP contribution < -0.4 is 20.0 Å². The zero-order valence-electron chi connectivity index (χ0n) is 21.3. The van der Waals surface area contributed by atoms with Crippen LogP contribution >= 0.6 is 0 Å². The SMILES string of the molecule is O=C(O)c1cn(C2CC2)c2nc(N3CCC(COc4ccc(N5C[C@H](CO)OC5=O)cc4F)C3)c(F)cc2c1=O. The van der Waals surface area contributed by atoms with Gasteiger partial charge in [0.2, 0.25) is 5.43 Å². The number of aromatic nitrogens is 2. The molecule has 2 atom stereocenters. The lowest BCUT2D eigenvalue weighted by Crippen LogP contribution is -2.26. The van der Waals surface area contributed by atoms with Crippen LogP contribution in [0.25, 0.3) is 11.0 Å². The van der Waals surface area contributed by atoms with E-state index in [2.05, 4.69) is 4.98 Å². The molecule has 0 radical (unpaired) electrons. The molecule has 3 aromatic rings. The van der Waals surface area contributed by atoms with Gasteiger partial charge in [0.05, 0.1) is 30.8 Å². The maximum absolute atomic E-state index is 15.2. The number of cyclic esters (lactones) is 1. The van der Waals surface area contributed by atoms with Crippen molar-refractivity contribution in [2.24, 2.45) is 5.92 Å². The van der Waals surface area contributed by atoms with Gasteiger partial charge < -0.3 is 29.2 Å². The molecule has 0 bridgehead atoms. The van der Waals surface area contributed by atoms with E-state index in [1.165, 1.54) is 29.3 Å². The van der Waals surface area contributed by atoms with Gasteiger partial charge in [-0.1, -0.05) is 0 Å². The van der Waals surface area contributed by atoms with Crippen LogP contribution in [-0.2, 0) is 4.74 Å². The number of pyridine rings is 2. The van der Waals surface area contributed by atoms with E-state index >= 15 is 4.39 Å². The van der Waals surface area contributed by atoms with Gasteiger partial charge in [0.15, 0.2) is 23.2 Å². The number of anilines is 2. The average molecular weight is 557 g/mol. The summed E-state index contributed by atoms with van der Waals surface area (Å²) in [7, 11) is 0. The highest BCUT2D eigenvalue weighted by Gasteiger charge is 2.33. The van der Waals surface area contributed by atoms with Crippen LogP contribution in [0.2, 0.25) is 0 Å². The van der Waals surface area contributed by atoms with Gasteiger partial charge in [-0.15, -0.1) is 0 Å². The largest absolute Gasteiger partial charge is 0.490 e. The van der Waals surface area contributed by atoms with Gasteiger partial charge in [-0.2, -0.15) is 0 Å². The summed E-state index contributed by atoms with van der Waals surface area (Å²) in [5, 5.41) is 18.5. The molecule has 4 heterocycles. The number of rotatable bonds is 8. The Hall–Kier alpha value is -4.26. The van der Waals surface area contributed by atoms with E-state index in [0.29, 0.717) is 19.5 Å². The predicted molar refractivity (Wildman–Crippen MR) is 138 cm³/mol. The van der Waals surface area contributed by atoms with Crippen LogP contribution in [0.3, 0.4) is 0 Å². The maximum atomic E-state index is 15.2. The second-order valence-electron chi connectivity index (χ2n) is 10.3. The monoisotopic (exact) mass is 556 g/mol. The van der Waals surface area contributed by atoms with E-state index in [1.807, 2.05) is 0 Å². The van der Waals surface area contributed by atoms with Gasteiger partial charge in [0, 0.05) is 37.3 Å². The van der Waals surface area contributed by atoms with Crippen molar-refractivity contribution in [3.8, 4) is 5.75 Å². The second kappa shape index (κ2) is 10.0. The minimum atomic E-state index is -1.37. The van der Waals surface area contributed by atoms with Gasteiger partial charge >= 0.3 is 12.1 Å². The minimum Gasteiger partial charge on any atom is -0.490 e. The predicted octanol–water partition coefficient (Wildman–Crippen LogP) is 2.93. The third-order valence-corrected chi connectivity index (χ3v) is 7.47. The number of aromatic carboxylic acids is 1. The van der Waals surface area contributed by atoms with Crippen LogP contribution in [0.4, 0.5) is 25.1 Å². The van der Waals surface area contributed by atoms with E-state index < -0.39 is 40.8 Å². The van der Waals surface area contributed by atoms with E-state index in [0.717, 1.165) is 18.9 Å². The van der Waals surface area contributed by atoms with Gasteiger partial charge in [-0.3, -0.25) is 9.69 Å². The first kappa shape index (κ1) is 26.0. The Morgan fingerprint density at radius 1 is 1.12 bits per heavy atom. The Labute approximate surface area is 226 Å². The number of carbonyl (C=O) groups is 2. The number of halogens is 2. The van der Waals surface area contributed by atoms with E-state index in [-0.39, 0.29) is 60.0 Å². The average Bonchev–Trinajstić information content (AvgIpc) is 3.54. The lowest BCUT2D eigenvalue weighted by Gasteiger charge is -2.20. The molecule has 2 saturated heterocycles. The van der Waals surface area contributed by atoms with E-state index in [4.69, 9.17) is 9.47 Å². The third kappa shape index (κ3) is 4.70. The van der Waals surface area contributed by atoms with Gasteiger partial charge in [-0.25, -0.2) is 23.4 Å². The van der Waals surface area contributed by atoms with Crippen LogP contribution in [-0.4, -0.2) is 70.8 Å². The molecule has 6 rings (SSSR count). The van der Waals surface area contributed by atoms with Crippen LogP contribution in [0.15, 0.2) is 35.3 Å². The lowest BCUT2D eigenvalue weighted by molar-refractivity contribution is 0.0694. The molecule has 1 amide bonds. The normalized spacial score (nSPS) is 20.8. The molecule has 1 aliphatic carbocycles. The highest BCUT2D eigenvalue weighted by atomic mass is 19.1. The Bertz CT molecular complexity index is 1570. The first-order valence-corrected chi connectivity index (χ1v) is 13.0. The number of aliphatic hydroxyl groups excluding tert-OH is 1. The number of fused-ring (bicyclic) bond motifs is 1. The summed E-state index contributed by atoms with van der Waals surface area (Å²) in [4.78, 5) is 43.7. The van der Waals surface area contributed by atoms with Crippen molar-refractivity contribution < 1.29 is 38.1 Å². The molecule has 0 spiro atoms. The van der Waals surface area contributed by atoms with Crippen molar-refractivity contribution in [1.82, 2.24) is 9.55 Å². The van der Waals surface area contributed by atoms with Crippen molar-refractivity contribution >= 4 is 34.6 Å². The Morgan fingerprint density at radius 3 is 2.60 bits per heavy atom. The van der Waals surface area contributed by atoms with E-state index in [9.17, 15) is 29.0 Å². The van der Waals surface area contributed by atoms with Crippen molar-refractivity contribution in [3.63, 3.8) is 0 Å². The fraction of sp³-hybridized carbons (Fsp3) is 0.407. The molecule has 3 aliphatic rings. The number of ether oxygens (including phenoxy) is 2. The van der Waals surface area contributed by atoms with Crippen molar-refractivity contribution in [3.05, 3.63) is 57.9 Å². The molecule has 13 heteroatoms. The number of amides is 1. The number of carbonyl (C=O) groups excluding carboxylic acids is 1. The topological polar surface area (TPSA) is 134 Å².